The van der Waals surface area contributed by atoms with Crippen molar-refractivity contribution in [3.8, 4) is 22.5 Å². The summed E-state index contributed by atoms with van der Waals surface area (Å²) < 4.78 is 0. The SMILES string of the molecule is C1=CCC=CC(c2cc(-c3ccccc3)nc(-c3ccccc3)c2)=C1.CC. The second kappa shape index (κ2) is 9.49. The second-order valence-electron chi connectivity index (χ2n) is 6.05. The first kappa shape index (κ1) is 18.6. The molecule has 27 heavy (non-hydrogen) atoms. The minimum atomic E-state index is 0.974. The van der Waals surface area contributed by atoms with Gasteiger partial charge in [-0.25, -0.2) is 4.98 Å². The first-order valence-corrected chi connectivity index (χ1v) is 9.57. The minimum absolute atomic E-state index is 0.974. The summed E-state index contributed by atoms with van der Waals surface area (Å²) in [6, 6.07) is 25.1. The Balaban J connectivity index is 0.00000102. The third-order valence-electron chi connectivity index (χ3n) is 4.28. The first-order valence-electron chi connectivity index (χ1n) is 9.57. The van der Waals surface area contributed by atoms with Crippen molar-refractivity contribution in [2.24, 2.45) is 0 Å². The van der Waals surface area contributed by atoms with Crippen LogP contribution < -0.4 is 0 Å². The van der Waals surface area contributed by atoms with Crippen LogP contribution in [0.2, 0.25) is 0 Å². The predicted molar refractivity (Wildman–Crippen MR) is 117 cm³/mol. The Morgan fingerprint density at radius 2 is 1.22 bits per heavy atom. The number of nitrogens with zero attached hydrogens (tertiary/aromatic N) is 1. The summed E-state index contributed by atoms with van der Waals surface area (Å²) in [6.45, 7) is 4.00. The first-order chi connectivity index (χ1) is 13.4. The van der Waals surface area contributed by atoms with Crippen molar-refractivity contribution in [1.29, 1.82) is 0 Å². The van der Waals surface area contributed by atoms with Crippen molar-refractivity contribution in [2.75, 3.05) is 0 Å². The largest absolute Gasteiger partial charge is 0.248 e. The third kappa shape index (κ3) is 4.71. The molecule has 4 rings (SSSR count). The zero-order valence-corrected chi connectivity index (χ0v) is 16.0. The van der Waals surface area contributed by atoms with Crippen molar-refractivity contribution in [3.63, 3.8) is 0 Å². The minimum Gasteiger partial charge on any atom is -0.248 e. The molecule has 0 fully saturated rings. The van der Waals surface area contributed by atoms with Gasteiger partial charge in [-0.05, 0) is 29.7 Å². The Morgan fingerprint density at radius 3 is 1.78 bits per heavy atom. The number of pyridine rings is 1. The molecule has 0 atom stereocenters. The lowest BCUT2D eigenvalue weighted by Crippen LogP contribution is -1.92. The highest BCUT2D eigenvalue weighted by molar-refractivity contribution is 5.81. The molecule has 0 unspecified atom stereocenters. The van der Waals surface area contributed by atoms with Crippen LogP contribution in [-0.2, 0) is 0 Å². The zero-order valence-electron chi connectivity index (χ0n) is 16.0. The fourth-order valence-corrected chi connectivity index (χ4v) is 2.98. The lowest BCUT2D eigenvalue weighted by molar-refractivity contribution is 1.31. The molecule has 0 bridgehead atoms. The van der Waals surface area contributed by atoms with Gasteiger partial charge in [0.1, 0.15) is 0 Å². The van der Waals surface area contributed by atoms with Crippen LogP contribution in [0.4, 0.5) is 0 Å². The lowest BCUT2D eigenvalue weighted by atomic mass is 9.99. The summed E-state index contributed by atoms with van der Waals surface area (Å²) in [4.78, 5) is 4.92. The van der Waals surface area contributed by atoms with E-state index in [1.54, 1.807) is 0 Å². The Bertz CT molecular complexity index is 890. The average Bonchev–Trinajstić information content (AvgIpc) is 3.06. The number of rotatable bonds is 3. The molecule has 1 nitrogen and oxygen atoms in total. The molecule has 2 aromatic carbocycles. The Hall–Kier alpha value is -3.19. The van der Waals surface area contributed by atoms with E-state index in [9.17, 15) is 0 Å². The Labute approximate surface area is 162 Å². The van der Waals surface area contributed by atoms with Gasteiger partial charge < -0.3 is 0 Å². The van der Waals surface area contributed by atoms with Crippen molar-refractivity contribution < 1.29 is 0 Å². The average molecular weight is 351 g/mol. The number of hydrogen-bond acceptors (Lipinski definition) is 1. The zero-order chi connectivity index (χ0) is 18.9. The number of allylic oxidation sites excluding steroid dienone is 6. The molecule has 1 aliphatic carbocycles. The van der Waals surface area contributed by atoms with Crippen molar-refractivity contribution >= 4 is 5.57 Å². The molecule has 134 valence electrons. The van der Waals surface area contributed by atoms with Gasteiger partial charge in [-0.1, -0.05) is 105 Å². The quantitative estimate of drug-likeness (QED) is 0.481. The van der Waals surface area contributed by atoms with Gasteiger partial charge in [-0.15, -0.1) is 0 Å². The molecule has 0 amide bonds. The van der Waals surface area contributed by atoms with E-state index >= 15 is 0 Å². The van der Waals surface area contributed by atoms with E-state index in [0.29, 0.717) is 0 Å². The van der Waals surface area contributed by atoms with Crippen LogP contribution in [0, 0.1) is 0 Å². The molecule has 0 spiro atoms. The van der Waals surface area contributed by atoms with E-state index < -0.39 is 0 Å². The van der Waals surface area contributed by atoms with E-state index in [0.717, 1.165) is 28.9 Å². The van der Waals surface area contributed by atoms with Gasteiger partial charge >= 0.3 is 0 Å². The van der Waals surface area contributed by atoms with E-state index in [1.807, 2.05) is 26.0 Å². The van der Waals surface area contributed by atoms with Crippen molar-refractivity contribution in [1.82, 2.24) is 4.98 Å². The Morgan fingerprint density at radius 1 is 0.667 bits per heavy atom. The molecule has 1 heterocycles. The van der Waals surface area contributed by atoms with Crippen LogP contribution >= 0.6 is 0 Å². The van der Waals surface area contributed by atoms with Gasteiger partial charge in [0, 0.05) is 11.1 Å². The summed E-state index contributed by atoms with van der Waals surface area (Å²) >= 11 is 0. The molecule has 1 aromatic heterocycles. The third-order valence-corrected chi connectivity index (χ3v) is 4.28. The summed E-state index contributed by atoms with van der Waals surface area (Å²) in [7, 11) is 0. The molecular weight excluding hydrogens is 326 g/mol. The van der Waals surface area contributed by atoms with Crippen LogP contribution in [0.3, 0.4) is 0 Å². The van der Waals surface area contributed by atoms with E-state index in [1.165, 1.54) is 11.1 Å². The summed E-state index contributed by atoms with van der Waals surface area (Å²) in [5.41, 5.74) is 6.67. The molecule has 0 saturated carbocycles. The highest BCUT2D eigenvalue weighted by Gasteiger charge is 2.09. The molecule has 3 aromatic rings. The molecule has 1 aliphatic rings. The summed E-state index contributed by atoms with van der Waals surface area (Å²) in [5, 5.41) is 0. The predicted octanol–water partition coefficient (Wildman–Crippen LogP) is 7.34. The molecule has 1 heteroatoms. The fraction of sp³-hybridized carbons (Fsp3) is 0.115. The van der Waals surface area contributed by atoms with Crippen LogP contribution in [0.5, 0.6) is 0 Å². The monoisotopic (exact) mass is 351 g/mol. The maximum Gasteiger partial charge on any atom is 0.0715 e. The van der Waals surface area contributed by atoms with Gasteiger partial charge in [0.2, 0.25) is 0 Å². The van der Waals surface area contributed by atoms with Crippen molar-refractivity contribution in [2.45, 2.75) is 20.3 Å². The smallest absolute Gasteiger partial charge is 0.0715 e. The van der Waals surface area contributed by atoms with Gasteiger partial charge in [-0.2, -0.15) is 0 Å². The molecular formula is C26H25N. The maximum absolute atomic E-state index is 4.92. The van der Waals surface area contributed by atoms with Crippen LogP contribution in [0.1, 0.15) is 25.8 Å². The normalized spacial score (nSPS) is 12.6. The van der Waals surface area contributed by atoms with E-state index in [2.05, 4.69) is 91.0 Å². The summed E-state index contributed by atoms with van der Waals surface area (Å²) in [6.07, 6.45) is 11.8. The highest BCUT2D eigenvalue weighted by atomic mass is 14.7. The van der Waals surface area contributed by atoms with Gasteiger partial charge in [0.15, 0.2) is 0 Å². The standard InChI is InChI=1S/C24H19N.C2H6/c1-2-6-12-19(11-5-1)22-17-23(20-13-7-3-8-14-20)25-24(18-22)21-15-9-4-10-16-21;1-2/h1,3-18H,2H2;1-2H3. The molecule has 0 aliphatic heterocycles. The second-order valence-corrected chi connectivity index (χ2v) is 6.05. The number of benzene rings is 2. The van der Waals surface area contributed by atoms with Crippen LogP contribution in [-0.4, -0.2) is 4.98 Å². The lowest BCUT2D eigenvalue weighted by Gasteiger charge is -2.10. The number of hydrogen-bond donors (Lipinski definition) is 0. The number of aromatic nitrogens is 1. The summed E-state index contributed by atoms with van der Waals surface area (Å²) in [5.74, 6) is 0. The van der Waals surface area contributed by atoms with Gasteiger partial charge in [-0.3, -0.25) is 0 Å². The van der Waals surface area contributed by atoms with Crippen molar-refractivity contribution in [3.05, 3.63) is 109 Å². The Kier molecular flexibility index (Phi) is 6.54. The molecule has 0 saturated heterocycles. The van der Waals surface area contributed by atoms with Crippen LogP contribution in [0.25, 0.3) is 28.1 Å². The molecule has 0 N–H and O–H groups in total. The van der Waals surface area contributed by atoms with Gasteiger partial charge in [0.25, 0.3) is 0 Å². The van der Waals surface area contributed by atoms with E-state index in [-0.39, 0.29) is 0 Å². The topological polar surface area (TPSA) is 12.9 Å². The van der Waals surface area contributed by atoms with Gasteiger partial charge in [0.05, 0.1) is 11.4 Å². The maximum atomic E-state index is 4.92. The molecule has 0 radical (unpaired) electrons. The van der Waals surface area contributed by atoms with Crippen LogP contribution in [0.15, 0.2) is 103 Å². The highest BCUT2D eigenvalue weighted by Crippen LogP contribution is 2.29. The fourth-order valence-electron chi connectivity index (χ4n) is 2.98. The van der Waals surface area contributed by atoms with E-state index in [4.69, 9.17) is 4.98 Å².